The number of halogens is 6. The molecule has 4 fully saturated rings. The van der Waals surface area contributed by atoms with Gasteiger partial charge in [0.25, 0.3) is 0 Å². The van der Waals surface area contributed by atoms with Gasteiger partial charge in [0, 0.05) is 43.6 Å². The number of alkyl halides is 6. The van der Waals surface area contributed by atoms with Crippen LogP contribution in [-0.4, -0.2) is 60.8 Å². The summed E-state index contributed by atoms with van der Waals surface area (Å²) in [5.74, 6) is -5.85. The van der Waals surface area contributed by atoms with E-state index in [1.54, 1.807) is 0 Å². The molecule has 4 aliphatic rings. The van der Waals surface area contributed by atoms with Crippen molar-refractivity contribution in [2.24, 2.45) is 41.4 Å². The highest BCUT2D eigenvalue weighted by Gasteiger charge is 2.53. The van der Waals surface area contributed by atoms with E-state index in [0.717, 1.165) is 25.8 Å². The van der Waals surface area contributed by atoms with Crippen LogP contribution in [0.25, 0.3) is 0 Å². The van der Waals surface area contributed by atoms with Gasteiger partial charge in [0.05, 0.1) is 11.8 Å². The standard InChI is InChI=1S/C26H39F6N3O2/c1-13-4-5-19(11-20(13)21-9-16-12-33-14(2)6-22(16)35(3)24(21)37)34-23(36)15-7-17(25(27,28)29)10-18(8-15)26(30,31)32/h13-22,33H,4-12H2,1-3H3,(H,34,36). The average molecular weight is 540 g/mol. The number of rotatable bonds is 3. The minimum atomic E-state index is -4.77. The monoisotopic (exact) mass is 539 g/mol. The first-order valence-electron chi connectivity index (χ1n) is 13.6. The number of carbonyl (C=O) groups excluding carboxylic acids is 2. The number of carbonyl (C=O) groups is 2. The van der Waals surface area contributed by atoms with Gasteiger partial charge >= 0.3 is 12.4 Å². The van der Waals surface area contributed by atoms with E-state index in [2.05, 4.69) is 24.5 Å². The second kappa shape index (κ2) is 10.6. The van der Waals surface area contributed by atoms with Gasteiger partial charge in [-0.1, -0.05) is 6.92 Å². The number of hydrogen-bond donors (Lipinski definition) is 2. The fourth-order valence-corrected chi connectivity index (χ4v) is 7.49. The molecule has 0 aromatic rings. The molecule has 0 aromatic carbocycles. The highest BCUT2D eigenvalue weighted by molar-refractivity contribution is 5.81. The molecule has 37 heavy (non-hydrogen) atoms. The van der Waals surface area contributed by atoms with Crippen LogP contribution < -0.4 is 10.6 Å². The molecule has 2 saturated carbocycles. The van der Waals surface area contributed by atoms with E-state index in [4.69, 9.17) is 0 Å². The van der Waals surface area contributed by atoms with Gasteiger partial charge in [0.1, 0.15) is 0 Å². The van der Waals surface area contributed by atoms with E-state index < -0.39 is 55.3 Å². The lowest BCUT2D eigenvalue weighted by Crippen LogP contribution is -2.60. The SMILES string of the molecule is CC1CC2C(CN1)CC(C1CC(NC(=O)C3CC(C(F)(F)F)CC(C(F)(F)F)C3)CCC1C)C(=O)N2C. The largest absolute Gasteiger partial charge is 0.391 e. The Morgan fingerprint density at radius 2 is 1.54 bits per heavy atom. The molecule has 2 N–H and O–H groups in total. The molecule has 9 atom stereocenters. The summed E-state index contributed by atoms with van der Waals surface area (Å²) >= 11 is 0. The lowest BCUT2D eigenvalue weighted by atomic mass is 9.65. The van der Waals surface area contributed by atoms with Crippen molar-refractivity contribution >= 4 is 11.8 Å². The molecule has 2 aliphatic heterocycles. The van der Waals surface area contributed by atoms with Gasteiger partial charge in [0.2, 0.25) is 11.8 Å². The Kier molecular flexibility index (Phi) is 8.14. The van der Waals surface area contributed by atoms with Crippen LogP contribution in [0.15, 0.2) is 0 Å². The Bertz CT molecular complexity index is 827. The van der Waals surface area contributed by atoms with Gasteiger partial charge in [-0.15, -0.1) is 0 Å². The van der Waals surface area contributed by atoms with Gasteiger partial charge in [0.15, 0.2) is 0 Å². The normalized spacial score (nSPS) is 41.8. The molecule has 5 nitrogen and oxygen atoms in total. The number of fused-ring (bicyclic) bond motifs is 1. The zero-order valence-electron chi connectivity index (χ0n) is 21.7. The third-order valence-electron chi connectivity index (χ3n) is 9.71. The van der Waals surface area contributed by atoms with E-state index in [0.29, 0.717) is 24.8 Å². The first kappa shape index (κ1) is 28.5. The smallest absolute Gasteiger partial charge is 0.353 e. The van der Waals surface area contributed by atoms with Crippen LogP contribution in [0.5, 0.6) is 0 Å². The summed E-state index contributed by atoms with van der Waals surface area (Å²) in [6.07, 6.45) is -8.29. The molecule has 2 aliphatic carbocycles. The third-order valence-corrected chi connectivity index (χ3v) is 9.71. The third kappa shape index (κ3) is 6.22. The second-order valence-electron chi connectivity index (χ2n) is 12.2. The van der Waals surface area contributed by atoms with Crippen LogP contribution in [0.2, 0.25) is 0 Å². The van der Waals surface area contributed by atoms with Gasteiger partial charge in [-0.05, 0) is 76.0 Å². The maximum absolute atomic E-state index is 13.4. The zero-order valence-corrected chi connectivity index (χ0v) is 21.7. The maximum Gasteiger partial charge on any atom is 0.391 e. The highest BCUT2D eigenvalue weighted by atomic mass is 19.4. The molecule has 0 radical (unpaired) electrons. The lowest BCUT2D eigenvalue weighted by Gasteiger charge is -2.50. The van der Waals surface area contributed by atoms with Gasteiger partial charge < -0.3 is 15.5 Å². The first-order valence-corrected chi connectivity index (χ1v) is 13.6. The molecule has 4 rings (SSSR count). The zero-order chi connectivity index (χ0) is 27.3. The predicted octanol–water partition coefficient (Wildman–Crippen LogP) is 4.91. The summed E-state index contributed by atoms with van der Waals surface area (Å²) in [6.45, 7) is 5.03. The topological polar surface area (TPSA) is 61.4 Å². The van der Waals surface area contributed by atoms with Crippen LogP contribution in [0.3, 0.4) is 0 Å². The molecule has 0 aromatic heterocycles. The summed E-state index contributed by atoms with van der Waals surface area (Å²) in [6, 6.07) is 0.184. The molecule has 2 saturated heterocycles. The Hall–Kier alpha value is -1.52. The molecule has 212 valence electrons. The van der Waals surface area contributed by atoms with Crippen molar-refractivity contribution in [3.63, 3.8) is 0 Å². The van der Waals surface area contributed by atoms with Crippen LogP contribution in [0.1, 0.15) is 65.2 Å². The highest BCUT2D eigenvalue weighted by Crippen LogP contribution is 2.48. The second-order valence-corrected chi connectivity index (χ2v) is 12.2. The van der Waals surface area contributed by atoms with Crippen molar-refractivity contribution in [2.45, 2.75) is 95.7 Å². The van der Waals surface area contributed by atoms with Gasteiger partial charge in [-0.3, -0.25) is 9.59 Å². The molecule has 9 unspecified atom stereocenters. The molecule has 2 heterocycles. The minimum Gasteiger partial charge on any atom is -0.353 e. The van der Waals surface area contributed by atoms with Crippen LogP contribution >= 0.6 is 0 Å². The quantitative estimate of drug-likeness (QED) is 0.501. The maximum atomic E-state index is 13.4. The van der Waals surface area contributed by atoms with Crippen molar-refractivity contribution in [1.29, 1.82) is 0 Å². The molecule has 2 amide bonds. The van der Waals surface area contributed by atoms with E-state index in [9.17, 15) is 35.9 Å². The van der Waals surface area contributed by atoms with E-state index in [-0.39, 0.29) is 35.7 Å². The summed E-state index contributed by atoms with van der Waals surface area (Å²) in [5, 5.41) is 6.30. The fraction of sp³-hybridized carbons (Fsp3) is 0.923. The molecular formula is C26H39F6N3O2. The average Bonchev–Trinajstić information content (AvgIpc) is 2.81. The van der Waals surface area contributed by atoms with Crippen LogP contribution in [0.4, 0.5) is 26.3 Å². The molecular weight excluding hydrogens is 500 g/mol. The molecule has 0 bridgehead atoms. The van der Waals surface area contributed by atoms with E-state index in [1.807, 2.05) is 11.9 Å². The van der Waals surface area contributed by atoms with Gasteiger partial charge in [-0.25, -0.2) is 0 Å². The van der Waals surface area contributed by atoms with Gasteiger partial charge in [-0.2, -0.15) is 26.3 Å². The van der Waals surface area contributed by atoms with Crippen LogP contribution in [0, 0.1) is 41.4 Å². The summed E-state index contributed by atoms with van der Waals surface area (Å²) in [5.41, 5.74) is 0. The number of piperidine rings is 2. The minimum absolute atomic E-state index is 0.00602. The summed E-state index contributed by atoms with van der Waals surface area (Å²) in [7, 11) is 1.86. The number of amides is 2. The summed E-state index contributed by atoms with van der Waals surface area (Å²) < 4.78 is 80.2. The van der Waals surface area contributed by atoms with Crippen molar-refractivity contribution in [1.82, 2.24) is 15.5 Å². The Morgan fingerprint density at radius 3 is 2.14 bits per heavy atom. The summed E-state index contributed by atoms with van der Waals surface area (Å²) in [4.78, 5) is 28.2. The van der Waals surface area contributed by atoms with Crippen LogP contribution in [-0.2, 0) is 9.59 Å². The van der Waals surface area contributed by atoms with Crippen molar-refractivity contribution in [3.8, 4) is 0 Å². The van der Waals surface area contributed by atoms with Crippen molar-refractivity contribution < 1.29 is 35.9 Å². The van der Waals surface area contributed by atoms with Crippen molar-refractivity contribution in [2.75, 3.05) is 13.6 Å². The van der Waals surface area contributed by atoms with E-state index >= 15 is 0 Å². The first-order chi connectivity index (χ1) is 17.1. The lowest BCUT2D eigenvalue weighted by molar-refractivity contribution is -0.227. The molecule has 11 heteroatoms. The Labute approximate surface area is 214 Å². The van der Waals surface area contributed by atoms with E-state index in [1.165, 1.54) is 0 Å². The number of likely N-dealkylation sites (tertiary alicyclic amines) is 1. The number of nitrogens with zero attached hydrogens (tertiary/aromatic N) is 1. The fourth-order valence-electron chi connectivity index (χ4n) is 7.49. The Morgan fingerprint density at radius 1 is 0.919 bits per heavy atom. The number of nitrogens with one attached hydrogen (secondary N) is 2. The number of hydrogen-bond acceptors (Lipinski definition) is 3. The predicted molar refractivity (Wildman–Crippen MR) is 125 cm³/mol. The van der Waals surface area contributed by atoms with Crippen molar-refractivity contribution in [3.05, 3.63) is 0 Å². The molecule has 0 spiro atoms. The Balaban J connectivity index is 1.42.